The van der Waals surface area contributed by atoms with E-state index in [1.807, 2.05) is 19.1 Å². The van der Waals surface area contributed by atoms with E-state index in [2.05, 4.69) is 5.32 Å². The van der Waals surface area contributed by atoms with Gasteiger partial charge in [0.15, 0.2) is 0 Å². The van der Waals surface area contributed by atoms with Gasteiger partial charge in [-0.1, -0.05) is 18.2 Å². The van der Waals surface area contributed by atoms with Crippen LogP contribution in [0.25, 0.3) is 0 Å². The minimum absolute atomic E-state index is 0.154. The molecule has 144 valence electrons. The molecule has 1 N–H and O–H groups in total. The number of nitrogens with one attached hydrogen (secondary N) is 1. The predicted molar refractivity (Wildman–Crippen MR) is 110 cm³/mol. The molecule has 4 rings (SSSR count). The molecule has 0 saturated carbocycles. The number of hydrogen-bond donors (Lipinski definition) is 1. The van der Waals surface area contributed by atoms with Crippen molar-refractivity contribution in [2.75, 3.05) is 10.2 Å². The van der Waals surface area contributed by atoms with Gasteiger partial charge in [-0.15, -0.1) is 0 Å². The van der Waals surface area contributed by atoms with Crippen LogP contribution in [-0.2, 0) is 4.79 Å². The monoisotopic (exact) mass is 386 g/mol. The predicted octanol–water partition coefficient (Wildman–Crippen LogP) is 4.55. The number of aryl methyl sites for hydroxylation is 1. The van der Waals surface area contributed by atoms with Gasteiger partial charge in [-0.2, -0.15) is 0 Å². The van der Waals surface area contributed by atoms with E-state index in [9.17, 15) is 14.4 Å². The highest BCUT2D eigenvalue weighted by Crippen LogP contribution is 2.33. The average molecular weight is 386 g/mol. The van der Waals surface area contributed by atoms with Gasteiger partial charge in [-0.05, 0) is 61.0 Å². The molecule has 1 aliphatic rings. The summed E-state index contributed by atoms with van der Waals surface area (Å²) in [6, 6.07) is 19.0. The molecule has 0 spiro atoms. The smallest absolute Gasteiger partial charge is 0.266 e. The first-order valence-electron chi connectivity index (χ1n) is 9.08. The maximum Gasteiger partial charge on any atom is 0.266 e. The summed E-state index contributed by atoms with van der Waals surface area (Å²) in [6.07, 6.45) is 0. The Morgan fingerprint density at radius 3 is 2.21 bits per heavy atom. The highest BCUT2D eigenvalue weighted by atomic mass is 16.5. The van der Waals surface area contributed by atoms with E-state index in [-0.39, 0.29) is 17.7 Å². The van der Waals surface area contributed by atoms with E-state index in [1.165, 1.54) is 11.8 Å². The van der Waals surface area contributed by atoms with Crippen molar-refractivity contribution in [1.82, 2.24) is 0 Å². The van der Waals surface area contributed by atoms with E-state index < -0.39 is 0 Å². The normalized spacial score (nSPS) is 12.7. The van der Waals surface area contributed by atoms with E-state index in [0.717, 1.165) is 5.56 Å². The van der Waals surface area contributed by atoms with Crippen molar-refractivity contribution < 1.29 is 19.1 Å². The number of carbonyl (C=O) groups is 3. The van der Waals surface area contributed by atoms with Gasteiger partial charge in [0.2, 0.25) is 5.91 Å². The van der Waals surface area contributed by atoms with E-state index in [0.29, 0.717) is 34.0 Å². The Balaban J connectivity index is 1.59. The highest BCUT2D eigenvalue weighted by Gasteiger charge is 2.37. The lowest BCUT2D eigenvalue weighted by atomic mass is 10.1. The van der Waals surface area contributed by atoms with Gasteiger partial charge in [0.25, 0.3) is 11.8 Å². The average Bonchev–Trinajstić information content (AvgIpc) is 2.94. The second-order valence-corrected chi connectivity index (χ2v) is 6.75. The fourth-order valence-corrected chi connectivity index (χ4v) is 3.26. The molecule has 0 fully saturated rings. The molecule has 0 bridgehead atoms. The van der Waals surface area contributed by atoms with Crippen LogP contribution in [0, 0.1) is 6.92 Å². The summed E-state index contributed by atoms with van der Waals surface area (Å²) in [6.45, 7) is 3.30. The Kier molecular flexibility index (Phi) is 4.60. The molecule has 3 aromatic carbocycles. The number of hydrogen-bond acceptors (Lipinski definition) is 4. The van der Waals surface area contributed by atoms with Crippen molar-refractivity contribution in [3.8, 4) is 11.5 Å². The summed E-state index contributed by atoms with van der Waals surface area (Å²) < 4.78 is 5.82. The van der Waals surface area contributed by atoms with Gasteiger partial charge in [0.1, 0.15) is 11.5 Å². The Morgan fingerprint density at radius 2 is 1.52 bits per heavy atom. The van der Waals surface area contributed by atoms with Crippen LogP contribution in [0.3, 0.4) is 0 Å². The number of benzene rings is 3. The van der Waals surface area contributed by atoms with Crippen LogP contribution in [0.1, 0.15) is 33.2 Å². The Hall–Kier alpha value is -3.93. The second kappa shape index (κ2) is 7.24. The summed E-state index contributed by atoms with van der Waals surface area (Å²) in [4.78, 5) is 38.0. The largest absolute Gasteiger partial charge is 0.457 e. The Morgan fingerprint density at radius 1 is 0.862 bits per heavy atom. The van der Waals surface area contributed by atoms with Crippen LogP contribution in [-0.4, -0.2) is 17.7 Å². The lowest BCUT2D eigenvalue weighted by Crippen LogP contribution is -2.29. The topological polar surface area (TPSA) is 75.7 Å². The zero-order valence-corrected chi connectivity index (χ0v) is 15.9. The molecule has 0 saturated heterocycles. The Labute approximate surface area is 167 Å². The number of ether oxygens (including phenoxy) is 1. The summed E-state index contributed by atoms with van der Waals surface area (Å²) in [5.41, 5.74) is 2.75. The van der Waals surface area contributed by atoms with Crippen LogP contribution in [0.4, 0.5) is 11.4 Å². The first kappa shape index (κ1) is 18.4. The van der Waals surface area contributed by atoms with Crippen LogP contribution in [0.2, 0.25) is 0 Å². The number of rotatable bonds is 4. The minimum Gasteiger partial charge on any atom is -0.457 e. The molecule has 0 radical (unpaired) electrons. The van der Waals surface area contributed by atoms with Crippen LogP contribution < -0.4 is 15.0 Å². The Bertz CT molecular complexity index is 1140. The van der Waals surface area contributed by atoms with Crippen molar-refractivity contribution in [3.05, 3.63) is 83.4 Å². The van der Waals surface area contributed by atoms with Crippen molar-refractivity contribution in [2.45, 2.75) is 13.8 Å². The van der Waals surface area contributed by atoms with E-state index >= 15 is 0 Å². The summed E-state index contributed by atoms with van der Waals surface area (Å²) in [7, 11) is 0. The third kappa shape index (κ3) is 3.48. The van der Waals surface area contributed by atoms with Crippen molar-refractivity contribution >= 4 is 29.1 Å². The van der Waals surface area contributed by atoms with Crippen LogP contribution in [0.5, 0.6) is 11.5 Å². The molecule has 6 heteroatoms. The molecule has 0 unspecified atom stereocenters. The zero-order chi connectivity index (χ0) is 20.5. The van der Waals surface area contributed by atoms with Gasteiger partial charge in [-0.25, -0.2) is 4.90 Å². The number of fused-ring (bicyclic) bond motifs is 1. The third-order valence-electron chi connectivity index (χ3n) is 4.62. The fraction of sp³-hybridized carbons (Fsp3) is 0.0870. The van der Waals surface area contributed by atoms with Crippen LogP contribution in [0.15, 0.2) is 66.7 Å². The molecule has 0 aromatic heterocycles. The van der Waals surface area contributed by atoms with E-state index in [1.54, 1.807) is 54.6 Å². The maximum absolute atomic E-state index is 12.9. The van der Waals surface area contributed by atoms with Crippen molar-refractivity contribution in [1.29, 1.82) is 0 Å². The third-order valence-corrected chi connectivity index (χ3v) is 4.62. The van der Waals surface area contributed by atoms with Gasteiger partial charge >= 0.3 is 0 Å². The first-order valence-corrected chi connectivity index (χ1v) is 9.08. The number of imide groups is 1. The molecular weight excluding hydrogens is 368 g/mol. The number of anilines is 2. The van der Waals surface area contributed by atoms with Gasteiger partial charge in [-0.3, -0.25) is 14.4 Å². The standard InChI is InChI=1S/C23H18N2O4/c1-14-5-3-4-6-21(14)25-22(27)19-12-11-18(13-20(19)23(25)28)29-17-9-7-16(8-10-17)24-15(2)26/h3-13H,1-2H3,(H,24,26). The van der Waals surface area contributed by atoms with E-state index in [4.69, 9.17) is 4.74 Å². The second-order valence-electron chi connectivity index (χ2n) is 6.75. The van der Waals surface area contributed by atoms with Crippen molar-refractivity contribution in [2.24, 2.45) is 0 Å². The fourth-order valence-electron chi connectivity index (χ4n) is 3.26. The number of carbonyl (C=O) groups excluding carboxylic acids is 3. The maximum atomic E-state index is 12.9. The lowest BCUT2D eigenvalue weighted by Gasteiger charge is -2.16. The molecule has 3 aromatic rings. The van der Waals surface area contributed by atoms with Crippen molar-refractivity contribution in [3.63, 3.8) is 0 Å². The molecule has 3 amide bonds. The molecular formula is C23H18N2O4. The molecule has 6 nitrogen and oxygen atoms in total. The molecule has 0 atom stereocenters. The zero-order valence-electron chi connectivity index (χ0n) is 15.9. The van der Waals surface area contributed by atoms with Gasteiger partial charge in [0, 0.05) is 12.6 Å². The molecule has 29 heavy (non-hydrogen) atoms. The van der Waals surface area contributed by atoms with Crippen LogP contribution >= 0.6 is 0 Å². The summed E-state index contributed by atoms with van der Waals surface area (Å²) >= 11 is 0. The molecule has 0 aliphatic carbocycles. The number of para-hydroxylation sites is 1. The van der Waals surface area contributed by atoms with Gasteiger partial charge < -0.3 is 10.1 Å². The highest BCUT2D eigenvalue weighted by molar-refractivity contribution is 6.34. The van der Waals surface area contributed by atoms with Gasteiger partial charge in [0.05, 0.1) is 16.8 Å². The molecule has 1 heterocycles. The number of nitrogens with zero attached hydrogens (tertiary/aromatic N) is 1. The lowest BCUT2D eigenvalue weighted by molar-refractivity contribution is -0.114. The SMILES string of the molecule is CC(=O)Nc1ccc(Oc2ccc3c(c2)C(=O)N(c2ccccc2C)C3=O)cc1. The minimum atomic E-state index is -0.370. The summed E-state index contributed by atoms with van der Waals surface area (Å²) in [5.74, 6) is 0.130. The quantitative estimate of drug-likeness (QED) is 0.668. The molecule has 1 aliphatic heterocycles. The number of amides is 3. The summed E-state index contributed by atoms with van der Waals surface area (Å²) in [5, 5.41) is 2.68. The first-order chi connectivity index (χ1) is 13.9.